The molecular formula is C20H20N2O2. The summed E-state index contributed by atoms with van der Waals surface area (Å²) >= 11 is 0. The molecule has 1 aliphatic carbocycles. The molecule has 122 valence electrons. The summed E-state index contributed by atoms with van der Waals surface area (Å²) in [6, 6.07) is 13.7. The van der Waals surface area contributed by atoms with Gasteiger partial charge in [0.2, 0.25) is 0 Å². The van der Waals surface area contributed by atoms with Crippen molar-refractivity contribution >= 4 is 11.4 Å². The molecule has 0 aromatic heterocycles. The Kier molecular flexibility index (Phi) is 3.60. The van der Waals surface area contributed by atoms with Gasteiger partial charge in [0.15, 0.2) is 0 Å². The van der Waals surface area contributed by atoms with Gasteiger partial charge in [-0.2, -0.15) is 0 Å². The largest absolute Gasteiger partial charge is 0.377 e. The van der Waals surface area contributed by atoms with Crippen molar-refractivity contribution in [2.45, 2.75) is 31.7 Å². The van der Waals surface area contributed by atoms with Gasteiger partial charge >= 0.3 is 0 Å². The molecule has 0 unspecified atom stereocenters. The quantitative estimate of drug-likeness (QED) is 0.493. The van der Waals surface area contributed by atoms with E-state index in [0.29, 0.717) is 11.8 Å². The van der Waals surface area contributed by atoms with Crippen LogP contribution in [0.15, 0.2) is 54.6 Å². The fraction of sp³-hybridized carbons (Fsp3) is 0.300. The molecule has 0 fully saturated rings. The summed E-state index contributed by atoms with van der Waals surface area (Å²) < 4.78 is 0. The summed E-state index contributed by atoms with van der Waals surface area (Å²) in [7, 11) is 0. The number of hydrogen-bond donors (Lipinski definition) is 1. The van der Waals surface area contributed by atoms with Crippen LogP contribution in [0.25, 0.3) is 0 Å². The van der Waals surface area contributed by atoms with Crippen LogP contribution >= 0.6 is 0 Å². The fourth-order valence-corrected chi connectivity index (χ4v) is 4.11. The monoisotopic (exact) mass is 320 g/mol. The third-order valence-electron chi connectivity index (χ3n) is 5.33. The van der Waals surface area contributed by atoms with Crippen molar-refractivity contribution in [2.24, 2.45) is 5.92 Å². The molecule has 2 aromatic rings. The van der Waals surface area contributed by atoms with Crippen LogP contribution in [-0.2, 0) is 6.42 Å². The number of benzene rings is 2. The van der Waals surface area contributed by atoms with E-state index in [1.807, 2.05) is 12.1 Å². The predicted molar refractivity (Wildman–Crippen MR) is 95.3 cm³/mol. The summed E-state index contributed by atoms with van der Waals surface area (Å²) in [6.45, 7) is 2.18. The number of nitrogens with one attached hydrogen (secondary N) is 1. The van der Waals surface area contributed by atoms with Gasteiger partial charge < -0.3 is 5.32 Å². The molecule has 4 nitrogen and oxygen atoms in total. The SMILES string of the molecule is CCc1cccc2c1N[C@H](c1ccc([N+](=O)[O-])cc1)[C@H]1CC=C[C@@H]21. The maximum absolute atomic E-state index is 10.9. The molecule has 1 aliphatic heterocycles. The van der Waals surface area contributed by atoms with E-state index >= 15 is 0 Å². The van der Waals surface area contributed by atoms with Crippen LogP contribution in [0.1, 0.15) is 42.0 Å². The summed E-state index contributed by atoms with van der Waals surface area (Å²) in [5, 5.41) is 14.6. The van der Waals surface area contributed by atoms with Gasteiger partial charge in [-0.05, 0) is 35.4 Å². The third-order valence-corrected chi connectivity index (χ3v) is 5.33. The minimum absolute atomic E-state index is 0.144. The normalized spacial score (nSPS) is 24.1. The molecule has 4 rings (SSSR count). The summed E-state index contributed by atoms with van der Waals surface area (Å²) in [5.41, 5.74) is 5.22. The first kappa shape index (κ1) is 14.9. The molecule has 1 heterocycles. The van der Waals surface area contributed by atoms with Crippen LogP contribution in [0.4, 0.5) is 11.4 Å². The number of rotatable bonds is 3. The molecule has 0 saturated carbocycles. The maximum Gasteiger partial charge on any atom is 0.269 e. The number of aryl methyl sites for hydroxylation is 1. The highest BCUT2D eigenvalue weighted by atomic mass is 16.6. The van der Waals surface area contributed by atoms with E-state index in [1.54, 1.807) is 12.1 Å². The zero-order valence-electron chi connectivity index (χ0n) is 13.6. The van der Waals surface area contributed by atoms with Crippen molar-refractivity contribution in [3.8, 4) is 0 Å². The van der Waals surface area contributed by atoms with E-state index in [1.165, 1.54) is 16.8 Å². The highest BCUT2D eigenvalue weighted by Gasteiger charge is 2.38. The van der Waals surface area contributed by atoms with Gasteiger partial charge in [0.25, 0.3) is 5.69 Å². The number of fused-ring (bicyclic) bond motifs is 3. The van der Waals surface area contributed by atoms with Crippen molar-refractivity contribution in [3.63, 3.8) is 0 Å². The van der Waals surface area contributed by atoms with E-state index in [9.17, 15) is 10.1 Å². The molecule has 2 aromatic carbocycles. The number of anilines is 1. The first-order valence-electron chi connectivity index (χ1n) is 8.48. The van der Waals surface area contributed by atoms with Gasteiger partial charge in [0.05, 0.1) is 11.0 Å². The fourth-order valence-electron chi connectivity index (χ4n) is 4.11. The van der Waals surface area contributed by atoms with E-state index in [4.69, 9.17) is 0 Å². The van der Waals surface area contributed by atoms with Crippen molar-refractivity contribution in [2.75, 3.05) is 5.32 Å². The molecule has 0 amide bonds. The Morgan fingerprint density at radius 3 is 2.71 bits per heavy atom. The Morgan fingerprint density at radius 2 is 2.00 bits per heavy atom. The Balaban J connectivity index is 1.76. The standard InChI is InChI=1S/C20H20N2O2/c1-2-13-5-3-7-17-16-6-4-8-18(16)20(21-19(13)17)14-9-11-15(12-10-14)22(23)24/h3-7,9-12,16,18,20-21H,2,8H2,1H3/t16-,18-,20+/m0/s1. The van der Waals surface area contributed by atoms with Gasteiger partial charge in [0, 0.05) is 23.7 Å². The van der Waals surface area contributed by atoms with Gasteiger partial charge in [-0.3, -0.25) is 10.1 Å². The molecule has 0 bridgehead atoms. The minimum Gasteiger partial charge on any atom is -0.377 e. The van der Waals surface area contributed by atoms with Crippen LogP contribution in [0.2, 0.25) is 0 Å². The van der Waals surface area contributed by atoms with Crippen molar-refractivity contribution in [3.05, 3.63) is 81.4 Å². The minimum atomic E-state index is -0.345. The van der Waals surface area contributed by atoms with Crippen molar-refractivity contribution in [1.29, 1.82) is 0 Å². The Hall–Kier alpha value is -2.62. The van der Waals surface area contributed by atoms with Crippen LogP contribution in [0, 0.1) is 16.0 Å². The van der Waals surface area contributed by atoms with Gasteiger partial charge in [0.1, 0.15) is 0 Å². The van der Waals surface area contributed by atoms with Gasteiger partial charge in [-0.15, -0.1) is 0 Å². The lowest BCUT2D eigenvalue weighted by atomic mass is 9.76. The average Bonchev–Trinajstić information content (AvgIpc) is 3.10. The second-order valence-corrected chi connectivity index (χ2v) is 6.56. The second kappa shape index (κ2) is 5.78. The zero-order valence-corrected chi connectivity index (χ0v) is 13.6. The lowest BCUT2D eigenvalue weighted by molar-refractivity contribution is -0.384. The zero-order chi connectivity index (χ0) is 16.7. The van der Waals surface area contributed by atoms with Crippen molar-refractivity contribution in [1.82, 2.24) is 0 Å². The van der Waals surface area contributed by atoms with Crippen LogP contribution in [0.5, 0.6) is 0 Å². The van der Waals surface area contributed by atoms with E-state index in [2.05, 4.69) is 42.6 Å². The summed E-state index contributed by atoms with van der Waals surface area (Å²) in [4.78, 5) is 10.6. The van der Waals surface area contributed by atoms with E-state index in [0.717, 1.165) is 18.4 Å². The molecule has 1 N–H and O–H groups in total. The lowest BCUT2D eigenvalue weighted by Crippen LogP contribution is -2.29. The van der Waals surface area contributed by atoms with Gasteiger partial charge in [-0.25, -0.2) is 0 Å². The van der Waals surface area contributed by atoms with E-state index < -0.39 is 0 Å². The number of non-ortho nitro benzene ring substituents is 1. The Bertz CT molecular complexity index is 811. The Labute approximate surface area is 141 Å². The number of hydrogen-bond acceptors (Lipinski definition) is 3. The summed E-state index contributed by atoms with van der Waals surface area (Å²) in [5.74, 6) is 0.888. The number of nitro benzene ring substituents is 1. The highest BCUT2D eigenvalue weighted by molar-refractivity contribution is 5.64. The highest BCUT2D eigenvalue weighted by Crippen LogP contribution is 2.50. The molecule has 0 radical (unpaired) electrons. The third kappa shape index (κ3) is 2.30. The number of allylic oxidation sites excluding steroid dienone is 2. The van der Waals surface area contributed by atoms with Crippen molar-refractivity contribution < 1.29 is 4.92 Å². The first-order valence-corrected chi connectivity index (χ1v) is 8.48. The second-order valence-electron chi connectivity index (χ2n) is 6.56. The topological polar surface area (TPSA) is 55.2 Å². The molecule has 3 atom stereocenters. The molecule has 24 heavy (non-hydrogen) atoms. The van der Waals surface area contributed by atoms with Crippen LogP contribution < -0.4 is 5.32 Å². The number of nitro groups is 1. The number of nitrogens with zero attached hydrogens (tertiary/aromatic N) is 1. The number of para-hydroxylation sites is 1. The summed E-state index contributed by atoms with van der Waals surface area (Å²) in [6.07, 6.45) is 6.62. The predicted octanol–water partition coefficient (Wildman–Crippen LogP) is 4.98. The van der Waals surface area contributed by atoms with Crippen LogP contribution in [0.3, 0.4) is 0 Å². The van der Waals surface area contributed by atoms with Gasteiger partial charge in [-0.1, -0.05) is 49.4 Å². The van der Waals surface area contributed by atoms with E-state index in [-0.39, 0.29) is 16.7 Å². The smallest absolute Gasteiger partial charge is 0.269 e. The maximum atomic E-state index is 10.9. The Morgan fingerprint density at radius 1 is 1.21 bits per heavy atom. The lowest BCUT2D eigenvalue weighted by Gasteiger charge is -2.38. The molecule has 0 saturated heterocycles. The molecule has 2 aliphatic rings. The molecular weight excluding hydrogens is 300 g/mol. The first-order chi connectivity index (χ1) is 11.7. The average molecular weight is 320 g/mol. The van der Waals surface area contributed by atoms with Crippen LogP contribution in [-0.4, -0.2) is 4.92 Å². The molecule has 0 spiro atoms. The molecule has 4 heteroatoms.